The third-order valence-electron chi connectivity index (χ3n) is 5.99. The van der Waals surface area contributed by atoms with Gasteiger partial charge in [-0.25, -0.2) is 9.78 Å². The van der Waals surface area contributed by atoms with E-state index in [9.17, 15) is 34.2 Å². The molecule has 1 aromatic heterocycles. The fourth-order valence-corrected chi connectivity index (χ4v) is 3.74. The van der Waals surface area contributed by atoms with Crippen LogP contribution in [0.2, 0.25) is 0 Å². The van der Waals surface area contributed by atoms with Crippen molar-refractivity contribution in [3.05, 3.63) is 18.2 Å². The van der Waals surface area contributed by atoms with E-state index in [0.717, 1.165) is 4.90 Å². The number of aliphatic carboxylic acids is 2. The lowest BCUT2D eigenvalue weighted by molar-refractivity contribution is -0.150. The summed E-state index contributed by atoms with van der Waals surface area (Å²) in [7, 11) is 0. The highest BCUT2D eigenvalue weighted by atomic mass is 16.4. The van der Waals surface area contributed by atoms with Crippen LogP contribution in [0.25, 0.3) is 0 Å². The van der Waals surface area contributed by atoms with Gasteiger partial charge in [0.15, 0.2) is 0 Å². The third kappa shape index (κ3) is 7.01. The number of aromatic amines is 1. The van der Waals surface area contributed by atoms with E-state index in [1.165, 1.54) is 12.5 Å². The zero-order chi connectivity index (χ0) is 25.4. The van der Waals surface area contributed by atoms with Gasteiger partial charge in [0.25, 0.3) is 0 Å². The number of hydrogen-bond acceptors (Lipinski definition) is 7. The lowest BCUT2D eigenvalue weighted by atomic mass is 9.98. The molecule has 188 valence electrons. The van der Waals surface area contributed by atoms with Crippen molar-refractivity contribution in [2.75, 3.05) is 6.54 Å². The first-order valence-electron chi connectivity index (χ1n) is 11.1. The van der Waals surface area contributed by atoms with Crippen LogP contribution in [-0.4, -0.2) is 85.5 Å². The maximum absolute atomic E-state index is 13.1. The first-order chi connectivity index (χ1) is 16.0. The molecule has 1 aliphatic rings. The molecule has 5 atom stereocenters. The molecule has 0 aromatic carbocycles. The van der Waals surface area contributed by atoms with Gasteiger partial charge in [-0.1, -0.05) is 20.3 Å². The predicted octanol–water partition coefficient (Wildman–Crippen LogP) is -1.15. The molecule has 0 saturated carbocycles. The molecule has 1 fully saturated rings. The Labute approximate surface area is 196 Å². The average Bonchev–Trinajstić information content (AvgIpc) is 3.48. The lowest BCUT2D eigenvalue weighted by Crippen LogP contribution is -2.58. The number of amides is 3. The number of H-pyrrole nitrogens is 1. The number of carbonyl (C=O) groups excluding carboxylic acids is 3. The lowest BCUT2D eigenvalue weighted by Gasteiger charge is -2.28. The SMILES string of the molecule is CCC(C)C(N)C(=O)NC(Cc1cnc[nH]1)C(=O)NC(CC(=O)O)C(=O)N1CCCC1C(=O)O. The minimum atomic E-state index is -1.51. The number of carbonyl (C=O) groups is 5. The van der Waals surface area contributed by atoms with Crippen molar-refractivity contribution in [1.82, 2.24) is 25.5 Å². The predicted molar refractivity (Wildman–Crippen MR) is 118 cm³/mol. The van der Waals surface area contributed by atoms with Crippen LogP contribution in [0.4, 0.5) is 0 Å². The van der Waals surface area contributed by atoms with Crippen LogP contribution in [0.15, 0.2) is 12.5 Å². The Kier molecular flexibility index (Phi) is 9.54. The van der Waals surface area contributed by atoms with E-state index in [2.05, 4.69) is 20.6 Å². The summed E-state index contributed by atoms with van der Waals surface area (Å²) in [6.45, 7) is 3.81. The number of carboxylic acids is 2. The van der Waals surface area contributed by atoms with E-state index in [1.807, 2.05) is 6.92 Å². The zero-order valence-corrected chi connectivity index (χ0v) is 19.2. The highest BCUT2D eigenvalue weighted by Gasteiger charge is 2.39. The van der Waals surface area contributed by atoms with Gasteiger partial charge in [-0.05, 0) is 18.8 Å². The summed E-state index contributed by atoms with van der Waals surface area (Å²) >= 11 is 0. The van der Waals surface area contributed by atoms with Gasteiger partial charge >= 0.3 is 11.9 Å². The molecule has 34 heavy (non-hydrogen) atoms. The first-order valence-corrected chi connectivity index (χ1v) is 11.1. The molecule has 0 bridgehead atoms. The number of nitrogens with zero attached hydrogens (tertiary/aromatic N) is 2. The summed E-state index contributed by atoms with van der Waals surface area (Å²) in [5, 5.41) is 23.6. The molecule has 7 N–H and O–H groups in total. The second-order valence-electron chi connectivity index (χ2n) is 8.44. The van der Waals surface area contributed by atoms with Gasteiger partial charge in [0.2, 0.25) is 17.7 Å². The zero-order valence-electron chi connectivity index (χ0n) is 19.2. The van der Waals surface area contributed by atoms with Crippen molar-refractivity contribution < 1.29 is 34.2 Å². The summed E-state index contributed by atoms with van der Waals surface area (Å²) < 4.78 is 0. The second-order valence-corrected chi connectivity index (χ2v) is 8.44. The van der Waals surface area contributed by atoms with Gasteiger partial charge in [-0.15, -0.1) is 0 Å². The van der Waals surface area contributed by atoms with Gasteiger partial charge in [-0.2, -0.15) is 0 Å². The molecule has 2 rings (SSSR count). The highest BCUT2D eigenvalue weighted by molar-refractivity contribution is 5.96. The minimum absolute atomic E-state index is 0.0136. The Bertz CT molecular complexity index is 890. The van der Waals surface area contributed by atoms with E-state index in [0.29, 0.717) is 18.5 Å². The Hall–Kier alpha value is -3.48. The fourth-order valence-electron chi connectivity index (χ4n) is 3.74. The maximum atomic E-state index is 13.1. The highest BCUT2D eigenvalue weighted by Crippen LogP contribution is 2.19. The standard InChI is InChI=1S/C21H32N6O7/c1-3-11(2)17(22)19(31)25-13(7-12-9-23-10-24-12)18(30)26-14(8-16(28)29)20(32)27-6-4-5-15(27)21(33)34/h9-11,13-15,17H,3-8,22H2,1-2H3,(H,23,24)(H,25,31)(H,26,30)(H,28,29)(H,33,34). The number of aromatic nitrogens is 2. The molecule has 5 unspecified atom stereocenters. The Morgan fingerprint density at radius 2 is 1.88 bits per heavy atom. The monoisotopic (exact) mass is 480 g/mol. The number of nitrogens with one attached hydrogen (secondary N) is 3. The van der Waals surface area contributed by atoms with Gasteiger partial charge < -0.3 is 36.5 Å². The minimum Gasteiger partial charge on any atom is -0.481 e. The van der Waals surface area contributed by atoms with Crippen LogP contribution in [0.1, 0.15) is 45.2 Å². The summed E-state index contributed by atoms with van der Waals surface area (Å²) in [6, 6.07) is -4.65. The Morgan fingerprint density at radius 1 is 1.21 bits per heavy atom. The molecule has 3 amide bonds. The molecule has 1 saturated heterocycles. The summed E-state index contributed by atoms with van der Waals surface area (Å²) in [5.41, 5.74) is 6.49. The number of imidazole rings is 1. The largest absolute Gasteiger partial charge is 0.481 e. The Morgan fingerprint density at radius 3 is 2.44 bits per heavy atom. The molecule has 1 aliphatic heterocycles. The normalized spacial score (nSPS) is 19.0. The molecule has 0 spiro atoms. The van der Waals surface area contributed by atoms with Gasteiger partial charge in [-0.3, -0.25) is 19.2 Å². The van der Waals surface area contributed by atoms with Crippen molar-refractivity contribution in [1.29, 1.82) is 0 Å². The summed E-state index contributed by atoms with van der Waals surface area (Å²) in [5.74, 6) is -4.87. The van der Waals surface area contributed by atoms with Gasteiger partial charge in [0.1, 0.15) is 18.1 Å². The van der Waals surface area contributed by atoms with E-state index in [-0.39, 0.29) is 25.3 Å². The van der Waals surface area contributed by atoms with E-state index < -0.39 is 60.2 Å². The van der Waals surface area contributed by atoms with Gasteiger partial charge in [0.05, 0.1) is 18.8 Å². The fraction of sp³-hybridized carbons (Fsp3) is 0.619. The van der Waals surface area contributed by atoms with Crippen LogP contribution < -0.4 is 16.4 Å². The van der Waals surface area contributed by atoms with Crippen LogP contribution in [-0.2, 0) is 30.4 Å². The molecular formula is C21H32N6O7. The van der Waals surface area contributed by atoms with Crippen molar-refractivity contribution in [2.45, 2.75) is 70.1 Å². The van der Waals surface area contributed by atoms with E-state index in [1.54, 1.807) is 6.92 Å². The number of likely N-dealkylation sites (tertiary alicyclic amines) is 1. The van der Waals surface area contributed by atoms with Crippen molar-refractivity contribution in [2.24, 2.45) is 11.7 Å². The van der Waals surface area contributed by atoms with Crippen molar-refractivity contribution >= 4 is 29.7 Å². The van der Waals surface area contributed by atoms with Crippen LogP contribution in [0.5, 0.6) is 0 Å². The Balaban J connectivity index is 2.22. The quantitative estimate of drug-likeness (QED) is 0.213. The molecular weight excluding hydrogens is 448 g/mol. The molecule has 0 radical (unpaired) electrons. The summed E-state index contributed by atoms with van der Waals surface area (Å²) in [4.78, 5) is 69.4. The molecule has 2 heterocycles. The van der Waals surface area contributed by atoms with E-state index >= 15 is 0 Å². The second kappa shape index (κ2) is 12.1. The topological polar surface area (TPSA) is 208 Å². The molecule has 1 aromatic rings. The van der Waals surface area contributed by atoms with Crippen molar-refractivity contribution in [3.63, 3.8) is 0 Å². The average molecular weight is 481 g/mol. The number of carboxylic acid groups (broad SMARTS) is 2. The van der Waals surface area contributed by atoms with E-state index in [4.69, 9.17) is 5.73 Å². The third-order valence-corrected chi connectivity index (χ3v) is 5.99. The number of nitrogens with two attached hydrogens (primary N) is 1. The smallest absolute Gasteiger partial charge is 0.326 e. The molecule has 0 aliphatic carbocycles. The molecule has 13 heteroatoms. The first kappa shape index (κ1) is 26.8. The van der Waals surface area contributed by atoms with Crippen LogP contribution in [0, 0.1) is 5.92 Å². The maximum Gasteiger partial charge on any atom is 0.326 e. The van der Waals surface area contributed by atoms with Crippen molar-refractivity contribution in [3.8, 4) is 0 Å². The van der Waals surface area contributed by atoms with Crippen LogP contribution in [0.3, 0.4) is 0 Å². The molecule has 13 nitrogen and oxygen atoms in total. The van der Waals surface area contributed by atoms with Crippen LogP contribution >= 0.6 is 0 Å². The number of rotatable bonds is 12. The number of hydrogen-bond donors (Lipinski definition) is 6. The summed E-state index contributed by atoms with van der Waals surface area (Å²) in [6.07, 6.45) is 3.42. The van der Waals surface area contributed by atoms with Gasteiger partial charge in [0, 0.05) is 24.9 Å².